The molecule has 0 saturated heterocycles. The molecule has 0 unspecified atom stereocenters. The Kier molecular flexibility index (Phi) is 6.04. The predicted octanol–water partition coefficient (Wildman–Crippen LogP) is 4.92. The van der Waals surface area contributed by atoms with E-state index in [0.29, 0.717) is 40.3 Å². The molecule has 0 aliphatic rings. The van der Waals surface area contributed by atoms with Crippen LogP contribution in [0.3, 0.4) is 0 Å². The van der Waals surface area contributed by atoms with E-state index in [2.05, 4.69) is 15.6 Å². The Hall–Kier alpha value is -4.79. The minimum Gasteiger partial charge on any atom is -0.467 e. The lowest BCUT2D eigenvalue weighted by Crippen LogP contribution is -2.17. The number of fused-ring (bicyclic) bond motifs is 1. The van der Waals surface area contributed by atoms with Crippen LogP contribution in [0, 0.1) is 0 Å². The zero-order chi connectivity index (χ0) is 24.2. The van der Waals surface area contributed by atoms with Crippen molar-refractivity contribution in [3.63, 3.8) is 0 Å². The number of benzene rings is 1. The van der Waals surface area contributed by atoms with Gasteiger partial charge in [-0.1, -0.05) is 18.2 Å². The third kappa shape index (κ3) is 4.51. The number of carbonyl (C=O) groups is 2. The van der Waals surface area contributed by atoms with Gasteiger partial charge >= 0.3 is 5.97 Å². The Balaban J connectivity index is 1.62. The topological polar surface area (TPSA) is 112 Å². The SMILES string of the molecule is COC(=O)c1c(NC(=O)c2ccccc2)c2cc(NCc3ccco3)cnc2n1Cc1ccco1. The smallest absolute Gasteiger partial charge is 0.356 e. The second kappa shape index (κ2) is 9.60. The molecule has 9 nitrogen and oxygen atoms in total. The van der Waals surface area contributed by atoms with E-state index in [4.69, 9.17) is 13.6 Å². The van der Waals surface area contributed by atoms with Gasteiger partial charge in [-0.3, -0.25) is 4.79 Å². The number of nitrogens with zero attached hydrogens (tertiary/aromatic N) is 2. The fraction of sp³-hybridized carbons (Fsp3) is 0.115. The molecule has 0 saturated carbocycles. The van der Waals surface area contributed by atoms with Gasteiger partial charge in [0, 0.05) is 10.9 Å². The van der Waals surface area contributed by atoms with E-state index in [1.165, 1.54) is 7.11 Å². The normalized spacial score (nSPS) is 10.9. The van der Waals surface area contributed by atoms with E-state index in [0.717, 1.165) is 5.76 Å². The molecule has 4 aromatic heterocycles. The van der Waals surface area contributed by atoms with Crippen LogP contribution >= 0.6 is 0 Å². The summed E-state index contributed by atoms with van der Waals surface area (Å²) in [5.74, 6) is 0.410. The monoisotopic (exact) mass is 470 g/mol. The van der Waals surface area contributed by atoms with Gasteiger partial charge in [-0.2, -0.15) is 0 Å². The first-order valence-corrected chi connectivity index (χ1v) is 10.9. The summed E-state index contributed by atoms with van der Waals surface area (Å²) in [5.41, 5.74) is 2.11. The van der Waals surface area contributed by atoms with Crippen LogP contribution in [0.25, 0.3) is 11.0 Å². The quantitative estimate of drug-likeness (QED) is 0.310. The van der Waals surface area contributed by atoms with Gasteiger partial charge < -0.3 is 28.8 Å². The number of esters is 1. The highest BCUT2D eigenvalue weighted by Crippen LogP contribution is 2.34. The Morgan fingerprint density at radius 1 is 1.00 bits per heavy atom. The summed E-state index contributed by atoms with van der Waals surface area (Å²) in [6, 6.07) is 17.8. The molecule has 4 heterocycles. The number of rotatable bonds is 8. The molecule has 0 spiro atoms. The van der Waals surface area contributed by atoms with Crippen molar-refractivity contribution in [1.29, 1.82) is 0 Å². The van der Waals surface area contributed by atoms with Crippen molar-refractivity contribution in [1.82, 2.24) is 9.55 Å². The summed E-state index contributed by atoms with van der Waals surface area (Å²) in [7, 11) is 1.30. The van der Waals surface area contributed by atoms with E-state index in [-0.39, 0.29) is 18.1 Å². The maximum Gasteiger partial charge on any atom is 0.356 e. The number of carbonyl (C=O) groups excluding carboxylic acids is 2. The highest BCUT2D eigenvalue weighted by molar-refractivity contribution is 6.14. The van der Waals surface area contributed by atoms with Gasteiger partial charge in [0.25, 0.3) is 5.91 Å². The largest absolute Gasteiger partial charge is 0.467 e. The molecule has 35 heavy (non-hydrogen) atoms. The van der Waals surface area contributed by atoms with Crippen LogP contribution < -0.4 is 10.6 Å². The van der Waals surface area contributed by atoms with Crippen molar-refractivity contribution in [3.05, 3.63) is 102 Å². The van der Waals surface area contributed by atoms with Gasteiger partial charge in [0.2, 0.25) is 0 Å². The van der Waals surface area contributed by atoms with E-state index < -0.39 is 5.97 Å². The van der Waals surface area contributed by atoms with Crippen molar-refractivity contribution in [3.8, 4) is 0 Å². The summed E-state index contributed by atoms with van der Waals surface area (Å²) in [6.07, 6.45) is 4.82. The van der Waals surface area contributed by atoms with Crippen LogP contribution in [0.1, 0.15) is 32.4 Å². The standard InChI is InChI=1S/C26H22N4O5/c1-33-26(32)23-22(29-25(31)17-7-3-2-4-8-17)21-13-18(27-15-19-9-5-11-34-19)14-28-24(21)30(23)16-20-10-6-12-35-20/h2-14,27H,15-16H2,1H3,(H,29,31). The fourth-order valence-electron chi connectivity index (χ4n) is 3.85. The molecule has 176 valence electrons. The number of hydrogen-bond donors (Lipinski definition) is 2. The Morgan fingerprint density at radius 3 is 2.43 bits per heavy atom. The number of aromatic nitrogens is 2. The average molecular weight is 470 g/mol. The van der Waals surface area contributed by atoms with Crippen LogP contribution in [0.15, 0.2) is 88.2 Å². The van der Waals surface area contributed by atoms with Crippen molar-refractivity contribution in [2.45, 2.75) is 13.1 Å². The summed E-state index contributed by atoms with van der Waals surface area (Å²) in [4.78, 5) is 30.6. The fourth-order valence-corrected chi connectivity index (χ4v) is 3.85. The minimum atomic E-state index is -0.608. The van der Waals surface area contributed by atoms with Gasteiger partial charge in [-0.25, -0.2) is 9.78 Å². The number of amides is 1. The Bertz CT molecular complexity index is 1450. The van der Waals surface area contributed by atoms with E-state index in [9.17, 15) is 9.59 Å². The predicted molar refractivity (Wildman–Crippen MR) is 129 cm³/mol. The number of ether oxygens (including phenoxy) is 1. The van der Waals surface area contributed by atoms with E-state index >= 15 is 0 Å². The molecule has 1 aromatic carbocycles. The lowest BCUT2D eigenvalue weighted by atomic mass is 10.2. The molecular formula is C26H22N4O5. The van der Waals surface area contributed by atoms with Crippen LogP contribution in [0.5, 0.6) is 0 Å². The lowest BCUT2D eigenvalue weighted by Gasteiger charge is -2.10. The van der Waals surface area contributed by atoms with Gasteiger partial charge in [0.1, 0.15) is 17.2 Å². The number of hydrogen-bond acceptors (Lipinski definition) is 7. The van der Waals surface area contributed by atoms with E-state index in [1.807, 2.05) is 24.3 Å². The molecule has 0 aliphatic heterocycles. The van der Waals surface area contributed by atoms with Crippen LogP contribution in [-0.4, -0.2) is 28.5 Å². The summed E-state index contributed by atoms with van der Waals surface area (Å²) < 4.78 is 17.6. The van der Waals surface area contributed by atoms with Crippen LogP contribution in [-0.2, 0) is 17.8 Å². The molecule has 9 heteroatoms. The lowest BCUT2D eigenvalue weighted by molar-refractivity contribution is 0.0590. The molecule has 0 atom stereocenters. The molecule has 0 aliphatic carbocycles. The zero-order valence-electron chi connectivity index (χ0n) is 18.9. The molecule has 0 fully saturated rings. The summed E-state index contributed by atoms with van der Waals surface area (Å²) in [5, 5.41) is 6.74. The number of pyridine rings is 1. The Labute approximate surface area is 200 Å². The number of anilines is 2. The maximum absolute atomic E-state index is 13.1. The summed E-state index contributed by atoms with van der Waals surface area (Å²) >= 11 is 0. The van der Waals surface area contributed by atoms with Gasteiger partial charge in [0.15, 0.2) is 5.69 Å². The third-order valence-corrected chi connectivity index (χ3v) is 5.49. The first-order valence-electron chi connectivity index (χ1n) is 10.9. The molecule has 1 amide bonds. The average Bonchev–Trinajstić information content (AvgIpc) is 3.65. The summed E-state index contributed by atoms with van der Waals surface area (Å²) in [6.45, 7) is 0.671. The first-order chi connectivity index (χ1) is 17.1. The molecule has 2 N–H and O–H groups in total. The van der Waals surface area contributed by atoms with Crippen molar-refractivity contribution in [2.75, 3.05) is 17.7 Å². The van der Waals surface area contributed by atoms with Crippen molar-refractivity contribution in [2.24, 2.45) is 0 Å². The molecule has 0 radical (unpaired) electrons. The zero-order valence-corrected chi connectivity index (χ0v) is 18.9. The van der Waals surface area contributed by atoms with Gasteiger partial charge in [-0.15, -0.1) is 0 Å². The number of methoxy groups -OCH3 is 1. The van der Waals surface area contributed by atoms with Crippen LogP contribution in [0.2, 0.25) is 0 Å². The highest BCUT2D eigenvalue weighted by atomic mass is 16.5. The van der Waals surface area contributed by atoms with Crippen molar-refractivity contribution < 1.29 is 23.2 Å². The minimum absolute atomic E-state index is 0.166. The number of furan rings is 2. The van der Waals surface area contributed by atoms with E-state index in [1.54, 1.807) is 59.7 Å². The maximum atomic E-state index is 13.1. The second-order valence-electron chi connectivity index (χ2n) is 7.73. The van der Waals surface area contributed by atoms with Crippen LogP contribution in [0.4, 0.5) is 11.4 Å². The first kappa shape index (κ1) is 22.0. The van der Waals surface area contributed by atoms with Gasteiger partial charge in [-0.05, 0) is 42.5 Å². The third-order valence-electron chi connectivity index (χ3n) is 5.49. The van der Waals surface area contributed by atoms with Crippen molar-refractivity contribution >= 4 is 34.3 Å². The molecular weight excluding hydrogens is 448 g/mol. The highest BCUT2D eigenvalue weighted by Gasteiger charge is 2.27. The molecule has 0 bridgehead atoms. The molecule has 5 rings (SSSR count). The van der Waals surface area contributed by atoms with Gasteiger partial charge in [0.05, 0.1) is 50.3 Å². The second-order valence-corrected chi connectivity index (χ2v) is 7.73. The Morgan fingerprint density at radius 2 is 1.74 bits per heavy atom. The number of nitrogens with one attached hydrogen (secondary N) is 2. The molecule has 5 aromatic rings.